The minimum atomic E-state index is -0.226. The van der Waals surface area contributed by atoms with E-state index in [-0.39, 0.29) is 17.2 Å². The fourth-order valence-corrected chi connectivity index (χ4v) is 4.84. The number of carbonyl (C=O) groups is 1. The standard InChI is InChI=1S/C21H15Cl2N3O2S2/c1-12-6-7-13(22)10-16(12)24-18(27)11-30-21-25-15-8-9-29-19(15)20(28)26(21)17-5-3-2-4-14(17)23/h2-10H,11H2,1H3,(H,24,27). The van der Waals surface area contributed by atoms with E-state index < -0.39 is 0 Å². The number of nitrogens with one attached hydrogen (secondary N) is 1. The van der Waals surface area contributed by atoms with Crippen molar-refractivity contribution < 1.29 is 4.79 Å². The van der Waals surface area contributed by atoms with Gasteiger partial charge in [0.25, 0.3) is 5.56 Å². The van der Waals surface area contributed by atoms with Gasteiger partial charge < -0.3 is 5.32 Å². The second-order valence-corrected chi connectivity index (χ2v) is 9.12. The molecule has 2 aromatic heterocycles. The molecule has 4 aromatic rings. The molecule has 0 bridgehead atoms. The number of aromatic nitrogens is 2. The summed E-state index contributed by atoms with van der Waals surface area (Å²) < 4.78 is 2.00. The van der Waals surface area contributed by atoms with Crippen LogP contribution in [0.3, 0.4) is 0 Å². The molecular formula is C21H15Cl2N3O2S2. The number of nitrogens with zero attached hydrogens (tertiary/aromatic N) is 2. The normalized spacial score (nSPS) is 11.0. The van der Waals surface area contributed by atoms with E-state index in [9.17, 15) is 9.59 Å². The molecule has 0 atom stereocenters. The van der Waals surface area contributed by atoms with Gasteiger partial charge in [0.15, 0.2) is 5.16 Å². The minimum Gasteiger partial charge on any atom is -0.325 e. The van der Waals surface area contributed by atoms with Gasteiger partial charge >= 0.3 is 0 Å². The number of benzene rings is 2. The predicted molar refractivity (Wildman–Crippen MR) is 126 cm³/mol. The number of anilines is 1. The number of halogens is 2. The van der Waals surface area contributed by atoms with E-state index in [1.54, 1.807) is 42.5 Å². The molecular weight excluding hydrogens is 461 g/mol. The zero-order chi connectivity index (χ0) is 21.3. The van der Waals surface area contributed by atoms with Gasteiger partial charge in [-0.2, -0.15) is 0 Å². The third kappa shape index (κ3) is 4.25. The van der Waals surface area contributed by atoms with Crippen LogP contribution in [0.2, 0.25) is 10.0 Å². The van der Waals surface area contributed by atoms with E-state index in [0.29, 0.717) is 36.8 Å². The summed E-state index contributed by atoms with van der Waals surface area (Å²) in [6.45, 7) is 1.89. The Morgan fingerprint density at radius 3 is 2.80 bits per heavy atom. The number of fused-ring (bicyclic) bond motifs is 1. The molecule has 0 spiro atoms. The second kappa shape index (κ2) is 8.81. The number of rotatable bonds is 5. The molecule has 5 nitrogen and oxygen atoms in total. The van der Waals surface area contributed by atoms with Crippen LogP contribution in [-0.2, 0) is 4.79 Å². The van der Waals surface area contributed by atoms with Crippen LogP contribution in [0.25, 0.3) is 15.9 Å². The maximum absolute atomic E-state index is 13.1. The van der Waals surface area contributed by atoms with E-state index in [4.69, 9.17) is 23.2 Å². The lowest BCUT2D eigenvalue weighted by Gasteiger charge is -2.13. The van der Waals surface area contributed by atoms with Crippen LogP contribution in [0.4, 0.5) is 5.69 Å². The Bertz CT molecular complexity index is 1320. The summed E-state index contributed by atoms with van der Waals surface area (Å²) in [5.74, 6) is -0.158. The van der Waals surface area contributed by atoms with Gasteiger partial charge in [-0.05, 0) is 48.2 Å². The first-order chi connectivity index (χ1) is 14.4. The molecule has 0 saturated carbocycles. The highest BCUT2D eigenvalue weighted by molar-refractivity contribution is 7.99. The highest BCUT2D eigenvalue weighted by Crippen LogP contribution is 2.27. The van der Waals surface area contributed by atoms with Crippen LogP contribution in [-0.4, -0.2) is 21.2 Å². The van der Waals surface area contributed by atoms with Crippen LogP contribution >= 0.6 is 46.3 Å². The van der Waals surface area contributed by atoms with Crippen molar-refractivity contribution in [3.63, 3.8) is 0 Å². The summed E-state index contributed by atoms with van der Waals surface area (Å²) in [5, 5.41) is 6.04. The Morgan fingerprint density at radius 1 is 1.20 bits per heavy atom. The van der Waals surface area contributed by atoms with Gasteiger partial charge in [0, 0.05) is 10.7 Å². The van der Waals surface area contributed by atoms with Crippen molar-refractivity contribution in [1.82, 2.24) is 9.55 Å². The van der Waals surface area contributed by atoms with Crippen molar-refractivity contribution in [1.29, 1.82) is 0 Å². The number of para-hydroxylation sites is 1. The lowest BCUT2D eigenvalue weighted by Crippen LogP contribution is -2.22. The number of amides is 1. The molecule has 2 aromatic carbocycles. The van der Waals surface area contributed by atoms with Crippen LogP contribution < -0.4 is 10.9 Å². The predicted octanol–water partition coefficient (Wildman–Crippen LogP) is 5.79. The summed E-state index contributed by atoms with van der Waals surface area (Å²) in [5.41, 5.74) is 2.47. The summed E-state index contributed by atoms with van der Waals surface area (Å²) in [4.78, 5) is 30.3. The molecule has 0 radical (unpaired) electrons. The Kier molecular flexibility index (Phi) is 6.15. The van der Waals surface area contributed by atoms with Gasteiger partial charge in [0.05, 0.1) is 22.0 Å². The topological polar surface area (TPSA) is 64.0 Å². The number of hydrogen-bond donors (Lipinski definition) is 1. The number of thioether (sulfide) groups is 1. The number of carbonyl (C=O) groups excluding carboxylic acids is 1. The lowest BCUT2D eigenvalue weighted by molar-refractivity contribution is -0.113. The van der Waals surface area contributed by atoms with Crippen molar-refractivity contribution in [2.75, 3.05) is 11.1 Å². The highest BCUT2D eigenvalue weighted by Gasteiger charge is 2.17. The average Bonchev–Trinajstić information content (AvgIpc) is 3.19. The van der Waals surface area contributed by atoms with E-state index in [1.807, 2.05) is 18.4 Å². The fourth-order valence-electron chi connectivity index (χ4n) is 2.88. The molecule has 0 unspecified atom stereocenters. The smallest absolute Gasteiger partial charge is 0.276 e. The Labute approximate surface area is 190 Å². The Hall–Kier alpha value is -2.32. The average molecular weight is 476 g/mol. The third-order valence-electron chi connectivity index (χ3n) is 4.35. The SMILES string of the molecule is Cc1ccc(Cl)cc1NC(=O)CSc1nc2ccsc2c(=O)n1-c1ccccc1Cl. The van der Waals surface area contributed by atoms with E-state index in [0.717, 1.165) is 5.56 Å². The molecule has 4 rings (SSSR count). The van der Waals surface area contributed by atoms with Crippen LogP contribution in [0.1, 0.15) is 5.56 Å². The lowest BCUT2D eigenvalue weighted by atomic mass is 10.2. The van der Waals surface area contributed by atoms with Gasteiger partial charge in [0.2, 0.25) is 5.91 Å². The quantitative estimate of drug-likeness (QED) is 0.292. The van der Waals surface area contributed by atoms with E-state index in [2.05, 4.69) is 10.3 Å². The molecule has 1 amide bonds. The van der Waals surface area contributed by atoms with E-state index in [1.165, 1.54) is 27.7 Å². The maximum atomic E-state index is 13.1. The second-order valence-electron chi connectivity index (χ2n) is 6.42. The fraction of sp³-hybridized carbons (Fsp3) is 0.0952. The maximum Gasteiger partial charge on any atom is 0.276 e. The monoisotopic (exact) mass is 475 g/mol. The van der Waals surface area contributed by atoms with Crippen molar-refractivity contribution in [3.05, 3.63) is 79.9 Å². The molecule has 0 aliphatic heterocycles. The van der Waals surface area contributed by atoms with Crippen LogP contribution in [0.5, 0.6) is 0 Å². The van der Waals surface area contributed by atoms with Gasteiger partial charge in [-0.1, -0.05) is 53.2 Å². The largest absolute Gasteiger partial charge is 0.325 e. The van der Waals surface area contributed by atoms with Gasteiger partial charge in [-0.25, -0.2) is 4.98 Å². The molecule has 30 heavy (non-hydrogen) atoms. The molecule has 152 valence electrons. The summed E-state index contributed by atoms with van der Waals surface area (Å²) in [6, 6.07) is 14.2. The first-order valence-electron chi connectivity index (χ1n) is 8.88. The summed E-state index contributed by atoms with van der Waals surface area (Å²) >= 11 is 14.9. The zero-order valence-electron chi connectivity index (χ0n) is 15.7. The van der Waals surface area contributed by atoms with Crippen LogP contribution in [0.15, 0.2) is 63.9 Å². The first-order valence-corrected chi connectivity index (χ1v) is 11.5. The first kappa shape index (κ1) is 20.9. The Balaban J connectivity index is 1.66. The third-order valence-corrected chi connectivity index (χ3v) is 6.73. The number of aryl methyl sites for hydroxylation is 1. The molecule has 2 heterocycles. The van der Waals surface area contributed by atoms with Gasteiger partial charge in [-0.3, -0.25) is 14.2 Å². The molecule has 0 fully saturated rings. The highest BCUT2D eigenvalue weighted by atomic mass is 35.5. The number of hydrogen-bond acceptors (Lipinski definition) is 5. The molecule has 0 saturated heterocycles. The molecule has 0 aliphatic carbocycles. The van der Waals surface area contributed by atoms with Crippen molar-refractivity contribution >= 4 is 68.1 Å². The number of thiophene rings is 1. The summed E-state index contributed by atoms with van der Waals surface area (Å²) in [6.07, 6.45) is 0. The van der Waals surface area contributed by atoms with Gasteiger partial charge in [-0.15, -0.1) is 11.3 Å². The minimum absolute atomic E-state index is 0.0679. The van der Waals surface area contributed by atoms with Crippen molar-refractivity contribution in [3.8, 4) is 5.69 Å². The van der Waals surface area contributed by atoms with Crippen LogP contribution in [0, 0.1) is 6.92 Å². The zero-order valence-corrected chi connectivity index (χ0v) is 18.8. The van der Waals surface area contributed by atoms with Gasteiger partial charge in [0.1, 0.15) is 4.70 Å². The Morgan fingerprint density at radius 2 is 2.00 bits per heavy atom. The molecule has 9 heteroatoms. The van der Waals surface area contributed by atoms with E-state index >= 15 is 0 Å². The van der Waals surface area contributed by atoms with Crippen molar-refractivity contribution in [2.45, 2.75) is 12.1 Å². The van der Waals surface area contributed by atoms with Crippen molar-refractivity contribution in [2.24, 2.45) is 0 Å². The summed E-state index contributed by atoms with van der Waals surface area (Å²) in [7, 11) is 0. The molecule has 0 aliphatic rings. The molecule has 1 N–H and O–H groups in total.